The van der Waals surface area contributed by atoms with Gasteiger partial charge in [-0.2, -0.15) is 0 Å². The molecule has 0 amide bonds. The van der Waals surface area contributed by atoms with Gasteiger partial charge in [-0.15, -0.1) is 0 Å². The third-order valence-corrected chi connectivity index (χ3v) is 1.95. The van der Waals surface area contributed by atoms with E-state index in [1.807, 2.05) is 6.92 Å². The first-order chi connectivity index (χ1) is 5.61. The highest BCUT2D eigenvalue weighted by Crippen LogP contribution is 2.11. The van der Waals surface area contributed by atoms with Gasteiger partial charge in [0.05, 0.1) is 0 Å². The van der Waals surface area contributed by atoms with Gasteiger partial charge in [0.1, 0.15) is 0 Å². The molecule has 1 atom stereocenters. The van der Waals surface area contributed by atoms with Gasteiger partial charge in [-0.3, -0.25) is 0 Å². The van der Waals surface area contributed by atoms with E-state index in [4.69, 9.17) is 5.73 Å². The van der Waals surface area contributed by atoms with Crippen molar-refractivity contribution in [2.75, 3.05) is 0 Å². The molecule has 1 aromatic heterocycles. The van der Waals surface area contributed by atoms with Gasteiger partial charge in [-0.1, -0.05) is 0 Å². The van der Waals surface area contributed by atoms with E-state index in [1.165, 1.54) is 5.69 Å². The van der Waals surface area contributed by atoms with Crippen molar-refractivity contribution in [2.24, 2.45) is 5.73 Å². The smallest absolute Gasteiger partial charge is 0.0276 e. The molecule has 0 fully saturated rings. The van der Waals surface area contributed by atoms with Crippen molar-refractivity contribution in [3.8, 4) is 0 Å². The topological polar surface area (TPSA) is 30.9 Å². The predicted molar refractivity (Wildman–Crippen MR) is 52.2 cm³/mol. The monoisotopic (exact) mass is 166 g/mol. The van der Waals surface area contributed by atoms with Crippen LogP contribution < -0.4 is 5.73 Å². The molecule has 2 N–H and O–H groups in total. The Morgan fingerprint density at radius 3 is 2.58 bits per heavy atom. The molecule has 1 rings (SSSR count). The van der Waals surface area contributed by atoms with E-state index in [-0.39, 0.29) is 6.04 Å². The zero-order valence-electron chi connectivity index (χ0n) is 8.12. The SMILES string of the molecule is CC(C)n1cccc1C[C@H](C)N. The van der Waals surface area contributed by atoms with Crippen LogP contribution in [0, 0.1) is 0 Å². The first-order valence-corrected chi connectivity index (χ1v) is 4.52. The van der Waals surface area contributed by atoms with Crippen LogP contribution in [0.3, 0.4) is 0 Å². The van der Waals surface area contributed by atoms with E-state index < -0.39 is 0 Å². The van der Waals surface area contributed by atoms with Crippen LogP contribution in [-0.2, 0) is 6.42 Å². The standard InChI is InChI=1S/C10H18N2/c1-8(2)12-6-4-5-10(12)7-9(3)11/h4-6,8-9H,7,11H2,1-3H3/t9-/m0/s1. The number of rotatable bonds is 3. The van der Waals surface area contributed by atoms with Gasteiger partial charge >= 0.3 is 0 Å². The molecule has 0 aliphatic carbocycles. The summed E-state index contributed by atoms with van der Waals surface area (Å²) in [4.78, 5) is 0. The number of aromatic nitrogens is 1. The molecule has 2 nitrogen and oxygen atoms in total. The fraction of sp³-hybridized carbons (Fsp3) is 0.600. The summed E-state index contributed by atoms with van der Waals surface area (Å²) in [7, 11) is 0. The van der Waals surface area contributed by atoms with Crippen molar-refractivity contribution >= 4 is 0 Å². The number of hydrogen-bond donors (Lipinski definition) is 1. The summed E-state index contributed by atoms with van der Waals surface area (Å²) in [5.74, 6) is 0. The van der Waals surface area contributed by atoms with E-state index in [0.717, 1.165) is 6.42 Å². The quantitative estimate of drug-likeness (QED) is 0.731. The van der Waals surface area contributed by atoms with Crippen LogP contribution in [0.15, 0.2) is 18.3 Å². The van der Waals surface area contributed by atoms with E-state index in [2.05, 4.69) is 36.7 Å². The maximum absolute atomic E-state index is 5.74. The Kier molecular flexibility index (Phi) is 2.93. The summed E-state index contributed by atoms with van der Waals surface area (Å²) >= 11 is 0. The van der Waals surface area contributed by atoms with Crippen LogP contribution >= 0.6 is 0 Å². The zero-order chi connectivity index (χ0) is 9.14. The molecule has 1 aromatic rings. The molecule has 0 unspecified atom stereocenters. The summed E-state index contributed by atoms with van der Waals surface area (Å²) < 4.78 is 2.27. The predicted octanol–water partition coefficient (Wildman–Crippen LogP) is 1.96. The average Bonchev–Trinajstić information content (AvgIpc) is 2.33. The second-order valence-electron chi connectivity index (χ2n) is 3.68. The molecule has 0 bridgehead atoms. The first kappa shape index (κ1) is 9.33. The van der Waals surface area contributed by atoms with Gasteiger partial charge < -0.3 is 10.3 Å². The fourth-order valence-electron chi connectivity index (χ4n) is 1.44. The molecule has 0 aromatic carbocycles. The van der Waals surface area contributed by atoms with Gasteiger partial charge in [0.25, 0.3) is 0 Å². The van der Waals surface area contributed by atoms with Crippen LogP contribution in [0.25, 0.3) is 0 Å². The van der Waals surface area contributed by atoms with Gasteiger partial charge in [-0.05, 0) is 32.9 Å². The minimum atomic E-state index is 0.248. The summed E-state index contributed by atoms with van der Waals surface area (Å²) in [6.07, 6.45) is 3.08. The lowest BCUT2D eigenvalue weighted by atomic mass is 10.2. The molecular weight excluding hydrogens is 148 g/mol. The molecule has 0 spiro atoms. The largest absolute Gasteiger partial charge is 0.349 e. The minimum absolute atomic E-state index is 0.248. The zero-order valence-corrected chi connectivity index (χ0v) is 8.12. The average molecular weight is 166 g/mol. The van der Waals surface area contributed by atoms with Crippen molar-refractivity contribution in [3.63, 3.8) is 0 Å². The highest BCUT2D eigenvalue weighted by atomic mass is 15.0. The first-order valence-electron chi connectivity index (χ1n) is 4.52. The summed E-state index contributed by atoms with van der Waals surface area (Å²) in [5, 5.41) is 0. The Morgan fingerprint density at radius 1 is 1.42 bits per heavy atom. The molecular formula is C10H18N2. The van der Waals surface area contributed by atoms with Crippen molar-refractivity contribution < 1.29 is 0 Å². The molecule has 68 valence electrons. The highest BCUT2D eigenvalue weighted by molar-refractivity contribution is 5.09. The second-order valence-corrected chi connectivity index (χ2v) is 3.68. The lowest BCUT2D eigenvalue weighted by molar-refractivity contribution is 0.561. The third-order valence-electron chi connectivity index (χ3n) is 1.95. The van der Waals surface area contributed by atoms with Crippen LogP contribution in [0.4, 0.5) is 0 Å². The van der Waals surface area contributed by atoms with Crippen molar-refractivity contribution in [1.29, 1.82) is 0 Å². The van der Waals surface area contributed by atoms with Crippen molar-refractivity contribution in [2.45, 2.75) is 39.3 Å². The summed E-state index contributed by atoms with van der Waals surface area (Å²) in [6.45, 7) is 6.41. The van der Waals surface area contributed by atoms with E-state index >= 15 is 0 Å². The Balaban J connectivity index is 2.77. The molecule has 1 heterocycles. The Hall–Kier alpha value is -0.760. The molecule has 0 radical (unpaired) electrons. The molecule has 2 heteroatoms. The highest BCUT2D eigenvalue weighted by Gasteiger charge is 2.05. The number of nitrogens with two attached hydrogens (primary N) is 1. The van der Waals surface area contributed by atoms with Crippen LogP contribution in [0.1, 0.15) is 32.5 Å². The third kappa shape index (κ3) is 2.11. The Labute approximate surface area is 74.4 Å². The summed E-state index contributed by atoms with van der Waals surface area (Å²) in [5.41, 5.74) is 7.07. The van der Waals surface area contributed by atoms with E-state index in [1.54, 1.807) is 0 Å². The van der Waals surface area contributed by atoms with E-state index in [0.29, 0.717) is 6.04 Å². The molecule has 0 saturated heterocycles. The van der Waals surface area contributed by atoms with Crippen molar-refractivity contribution in [3.05, 3.63) is 24.0 Å². The lowest BCUT2D eigenvalue weighted by Crippen LogP contribution is -2.20. The van der Waals surface area contributed by atoms with Crippen LogP contribution in [-0.4, -0.2) is 10.6 Å². The maximum Gasteiger partial charge on any atom is 0.0276 e. The Bertz CT molecular complexity index is 236. The minimum Gasteiger partial charge on any atom is -0.349 e. The molecule has 0 aliphatic heterocycles. The van der Waals surface area contributed by atoms with Crippen molar-refractivity contribution in [1.82, 2.24) is 4.57 Å². The van der Waals surface area contributed by atoms with Gasteiger partial charge in [-0.25, -0.2) is 0 Å². The van der Waals surface area contributed by atoms with Gasteiger partial charge in [0, 0.05) is 30.4 Å². The molecule has 0 saturated carbocycles. The maximum atomic E-state index is 5.74. The fourth-order valence-corrected chi connectivity index (χ4v) is 1.44. The van der Waals surface area contributed by atoms with Gasteiger partial charge in [0.2, 0.25) is 0 Å². The Morgan fingerprint density at radius 2 is 2.08 bits per heavy atom. The second kappa shape index (κ2) is 3.76. The summed E-state index contributed by atoms with van der Waals surface area (Å²) in [6, 6.07) is 5.01. The van der Waals surface area contributed by atoms with E-state index in [9.17, 15) is 0 Å². The molecule has 12 heavy (non-hydrogen) atoms. The van der Waals surface area contributed by atoms with Gasteiger partial charge in [0.15, 0.2) is 0 Å². The normalized spacial score (nSPS) is 13.8. The lowest BCUT2D eigenvalue weighted by Gasteiger charge is -2.14. The number of hydrogen-bond acceptors (Lipinski definition) is 1. The van der Waals surface area contributed by atoms with Crippen LogP contribution in [0.5, 0.6) is 0 Å². The van der Waals surface area contributed by atoms with Crippen LogP contribution in [0.2, 0.25) is 0 Å². The molecule has 0 aliphatic rings. The number of nitrogens with zero attached hydrogens (tertiary/aromatic N) is 1.